The number of nitrogens with two attached hydrogens (primary N) is 1. The van der Waals surface area contributed by atoms with Crippen molar-refractivity contribution in [3.05, 3.63) is 34.9 Å². The Labute approximate surface area is 93.9 Å². The number of amidine groups is 1. The summed E-state index contributed by atoms with van der Waals surface area (Å²) in [7, 11) is 0. The summed E-state index contributed by atoms with van der Waals surface area (Å²) in [5.41, 5.74) is 6.69. The van der Waals surface area contributed by atoms with Crippen LogP contribution in [0.25, 0.3) is 0 Å². The topological polar surface area (TPSA) is 47.6 Å². The highest BCUT2D eigenvalue weighted by atomic mass is 35.5. The highest BCUT2D eigenvalue weighted by molar-refractivity contribution is 6.30. The van der Waals surface area contributed by atoms with Crippen molar-refractivity contribution in [3.8, 4) is 0 Å². The van der Waals surface area contributed by atoms with E-state index in [1.54, 1.807) is 0 Å². The second-order valence-electron chi connectivity index (χ2n) is 3.60. The Morgan fingerprint density at radius 2 is 2.13 bits per heavy atom. The molecule has 80 valence electrons. The van der Waals surface area contributed by atoms with Crippen LogP contribution in [-0.4, -0.2) is 18.7 Å². The Bertz CT molecular complexity index is 361. The van der Waals surface area contributed by atoms with Gasteiger partial charge >= 0.3 is 0 Å². The summed E-state index contributed by atoms with van der Waals surface area (Å²) in [4.78, 5) is 4.17. The van der Waals surface area contributed by atoms with E-state index < -0.39 is 0 Å². The van der Waals surface area contributed by atoms with Crippen LogP contribution in [0.4, 0.5) is 0 Å². The highest BCUT2D eigenvalue weighted by Crippen LogP contribution is 2.14. The first-order chi connectivity index (χ1) is 7.24. The molecule has 4 heteroatoms. The molecule has 0 aromatic heterocycles. The van der Waals surface area contributed by atoms with Gasteiger partial charge in [0.05, 0.1) is 6.04 Å². The molecule has 0 bridgehead atoms. The molecule has 2 N–H and O–H groups in total. The molecular formula is C11H13ClN2O. The summed E-state index contributed by atoms with van der Waals surface area (Å²) >= 11 is 5.80. The highest BCUT2D eigenvalue weighted by Gasteiger charge is 2.15. The van der Waals surface area contributed by atoms with Gasteiger partial charge in [-0.05, 0) is 30.5 Å². The second-order valence-corrected chi connectivity index (χ2v) is 4.03. The van der Waals surface area contributed by atoms with Gasteiger partial charge in [0.2, 0.25) is 0 Å². The predicted octanol–water partition coefficient (Wildman–Crippen LogP) is 1.99. The SMILES string of the molecule is NC1=N[C@@H](CCc2ccc(Cl)cc2)CO1. The van der Waals surface area contributed by atoms with Crippen LogP contribution >= 0.6 is 11.6 Å². The zero-order valence-corrected chi connectivity index (χ0v) is 9.07. The first kappa shape index (κ1) is 10.3. The van der Waals surface area contributed by atoms with E-state index in [2.05, 4.69) is 4.99 Å². The molecule has 1 atom stereocenters. The third-order valence-electron chi connectivity index (χ3n) is 2.41. The van der Waals surface area contributed by atoms with E-state index >= 15 is 0 Å². The molecule has 1 aromatic carbocycles. The summed E-state index contributed by atoms with van der Waals surface area (Å²) in [6.45, 7) is 0.611. The molecule has 1 aliphatic heterocycles. The summed E-state index contributed by atoms with van der Waals surface area (Å²) in [6.07, 6.45) is 1.93. The molecule has 1 aromatic rings. The van der Waals surface area contributed by atoms with E-state index in [9.17, 15) is 0 Å². The Morgan fingerprint density at radius 3 is 2.73 bits per heavy atom. The minimum absolute atomic E-state index is 0.209. The number of rotatable bonds is 3. The monoisotopic (exact) mass is 224 g/mol. The van der Waals surface area contributed by atoms with Gasteiger partial charge in [0.25, 0.3) is 6.02 Å². The number of ether oxygens (including phenoxy) is 1. The quantitative estimate of drug-likeness (QED) is 0.854. The van der Waals surface area contributed by atoms with Crippen LogP contribution in [0.1, 0.15) is 12.0 Å². The largest absolute Gasteiger partial charge is 0.463 e. The van der Waals surface area contributed by atoms with Gasteiger partial charge < -0.3 is 10.5 Å². The molecule has 0 saturated carbocycles. The third-order valence-corrected chi connectivity index (χ3v) is 2.66. The van der Waals surface area contributed by atoms with Crippen molar-refractivity contribution in [2.75, 3.05) is 6.61 Å². The maximum atomic E-state index is 5.80. The average Bonchev–Trinajstić information content (AvgIpc) is 2.64. The zero-order chi connectivity index (χ0) is 10.7. The number of hydrogen-bond donors (Lipinski definition) is 1. The molecule has 3 nitrogen and oxygen atoms in total. The summed E-state index contributed by atoms with van der Waals surface area (Å²) in [5, 5.41) is 0.769. The molecule has 15 heavy (non-hydrogen) atoms. The fourth-order valence-corrected chi connectivity index (χ4v) is 1.69. The average molecular weight is 225 g/mol. The minimum Gasteiger partial charge on any atom is -0.463 e. The van der Waals surface area contributed by atoms with E-state index in [0.717, 1.165) is 17.9 Å². The van der Waals surface area contributed by atoms with Gasteiger partial charge in [0.15, 0.2) is 0 Å². The molecule has 0 saturated heterocycles. The smallest absolute Gasteiger partial charge is 0.282 e. The third kappa shape index (κ3) is 2.86. The lowest BCUT2D eigenvalue weighted by molar-refractivity contribution is 0.308. The van der Waals surface area contributed by atoms with Gasteiger partial charge in [-0.3, -0.25) is 0 Å². The van der Waals surface area contributed by atoms with E-state index in [1.165, 1.54) is 5.56 Å². The fourth-order valence-electron chi connectivity index (χ4n) is 1.57. The zero-order valence-electron chi connectivity index (χ0n) is 8.32. The molecule has 0 aliphatic carbocycles. The van der Waals surface area contributed by atoms with Crippen molar-refractivity contribution in [2.45, 2.75) is 18.9 Å². The van der Waals surface area contributed by atoms with Crippen LogP contribution < -0.4 is 5.73 Å². The van der Waals surface area contributed by atoms with Crippen molar-refractivity contribution in [2.24, 2.45) is 10.7 Å². The van der Waals surface area contributed by atoms with Gasteiger partial charge in [-0.25, -0.2) is 4.99 Å². The first-order valence-electron chi connectivity index (χ1n) is 4.94. The number of aliphatic imine (C=N–C) groups is 1. The van der Waals surface area contributed by atoms with Gasteiger partial charge in [0.1, 0.15) is 6.61 Å². The standard InChI is InChI=1S/C11H13ClN2O/c12-9-4-1-8(2-5-9)3-6-10-7-15-11(13)14-10/h1-2,4-5,10H,3,6-7H2,(H2,13,14)/t10-/m0/s1. The van der Waals surface area contributed by atoms with Crippen LogP contribution in [0, 0.1) is 0 Å². The molecular weight excluding hydrogens is 212 g/mol. The molecule has 0 spiro atoms. The van der Waals surface area contributed by atoms with Gasteiger partial charge in [-0.2, -0.15) is 0 Å². The van der Waals surface area contributed by atoms with E-state index in [1.807, 2.05) is 24.3 Å². The van der Waals surface area contributed by atoms with Crippen LogP contribution in [0.3, 0.4) is 0 Å². The predicted molar refractivity (Wildman–Crippen MR) is 61.1 cm³/mol. The molecule has 0 unspecified atom stereocenters. The Balaban J connectivity index is 1.86. The fraction of sp³-hybridized carbons (Fsp3) is 0.364. The van der Waals surface area contributed by atoms with Crippen molar-refractivity contribution in [3.63, 3.8) is 0 Å². The Hall–Kier alpha value is -1.22. The minimum atomic E-state index is 0.209. The van der Waals surface area contributed by atoms with Crippen molar-refractivity contribution in [1.82, 2.24) is 0 Å². The van der Waals surface area contributed by atoms with Crippen molar-refractivity contribution < 1.29 is 4.74 Å². The number of aryl methyl sites for hydroxylation is 1. The van der Waals surface area contributed by atoms with Gasteiger partial charge in [0, 0.05) is 5.02 Å². The summed E-state index contributed by atoms with van der Waals surface area (Å²) in [5.74, 6) is 0. The first-order valence-corrected chi connectivity index (χ1v) is 5.32. The van der Waals surface area contributed by atoms with Crippen molar-refractivity contribution >= 4 is 17.6 Å². The van der Waals surface area contributed by atoms with E-state index in [4.69, 9.17) is 22.1 Å². The van der Waals surface area contributed by atoms with Crippen molar-refractivity contribution in [1.29, 1.82) is 0 Å². The Morgan fingerprint density at radius 1 is 1.40 bits per heavy atom. The second kappa shape index (κ2) is 4.53. The summed E-state index contributed by atoms with van der Waals surface area (Å²) < 4.78 is 5.08. The lowest BCUT2D eigenvalue weighted by atomic mass is 10.1. The summed E-state index contributed by atoms with van der Waals surface area (Å²) in [6, 6.07) is 8.40. The Kier molecular flexibility index (Phi) is 3.11. The number of hydrogen-bond acceptors (Lipinski definition) is 3. The van der Waals surface area contributed by atoms with Crippen LogP contribution in [-0.2, 0) is 11.2 Å². The van der Waals surface area contributed by atoms with Gasteiger partial charge in [-0.1, -0.05) is 23.7 Å². The molecule has 0 radical (unpaired) electrons. The van der Waals surface area contributed by atoms with Crippen LogP contribution in [0.2, 0.25) is 5.02 Å². The van der Waals surface area contributed by atoms with E-state index in [-0.39, 0.29) is 6.04 Å². The lowest BCUT2D eigenvalue weighted by Crippen LogP contribution is -2.10. The molecule has 1 heterocycles. The normalized spacial score (nSPS) is 19.8. The molecule has 2 rings (SSSR count). The van der Waals surface area contributed by atoms with E-state index in [0.29, 0.717) is 12.6 Å². The lowest BCUT2D eigenvalue weighted by Gasteiger charge is -2.04. The van der Waals surface area contributed by atoms with Gasteiger partial charge in [-0.15, -0.1) is 0 Å². The maximum Gasteiger partial charge on any atom is 0.282 e. The van der Waals surface area contributed by atoms with Crippen LogP contribution in [0.15, 0.2) is 29.3 Å². The number of halogens is 1. The molecule has 0 fully saturated rings. The molecule has 0 amide bonds. The maximum absolute atomic E-state index is 5.80. The van der Waals surface area contributed by atoms with Crippen LogP contribution in [0.5, 0.6) is 0 Å². The number of nitrogens with zero attached hydrogens (tertiary/aromatic N) is 1. The number of benzene rings is 1. The molecule has 1 aliphatic rings.